The third-order valence-corrected chi connectivity index (χ3v) is 7.73. The molecule has 2 aromatic heterocycles. The van der Waals surface area contributed by atoms with Gasteiger partial charge in [-0.15, -0.1) is 0 Å². The van der Waals surface area contributed by atoms with Gasteiger partial charge in [0.15, 0.2) is 0 Å². The first kappa shape index (κ1) is 37.7. The first-order chi connectivity index (χ1) is 19.1. The van der Waals surface area contributed by atoms with Gasteiger partial charge >= 0.3 is 35.5 Å². The molecular formula is C24H19Cl4N4NaO7S2. The van der Waals surface area contributed by atoms with Crippen LogP contribution in [0.4, 0.5) is 0 Å². The average molecular weight is 704 g/mol. The number of halogens is 4. The van der Waals surface area contributed by atoms with Crippen molar-refractivity contribution in [3.63, 3.8) is 0 Å². The van der Waals surface area contributed by atoms with E-state index in [1.54, 1.807) is 36.4 Å². The number of hydrogen-bond donors (Lipinski definition) is 3. The second-order valence-corrected chi connectivity index (χ2v) is 12.1. The van der Waals surface area contributed by atoms with Crippen LogP contribution in [0.3, 0.4) is 0 Å². The average Bonchev–Trinajstić information content (AvgIpc) is 2.89. The minimum absolute atomic E-state index is 0. The molecule has 0 atom stereocenters. The summed E-state index contributed by atoms with van der Waals surface area (Å²) in [5.74, 6) is -1.98. The number of sulfonamides is 2. The molecule has 18 heteroatoms. The first-order valence-corrected chi connectivity index (χ1v) is 15.2. The van der Waals surface area contributed by atoms with Crippen LogP contribution in [0.1, 0.15) is 22.1 Å². The number of aromatic carboxylic acids is 1. The van der Waals surface area contributed by atoms with Gasteiger partial charge in [-0.1, -0.05) is 82.8 Å². The number of carboxylic acid groups (broad SMARTS) is 1. The SMILES string of the molecule is NS(=O)(=O)c1ccccc1.O=C(NS(=O)(=O)c1ccccc1)c1ccc(Cl)nc1Cl.O=C(O)c1ccc(Cl)nc1Cl.[H-].[Na+]. The summed E-state index contributed by atoms with van der Waals surface area (Å²) in [5.41, 5.74) is -0.119. The topological polar surface area (TPSA) is 186 Å². The van der Waals surface area contributed by atoms with E-state index in [0.29, 0.717) is 0 Å². The van der Waals surface area contributed by atoms with Crippen molar-refractivity contribution in [2.24, 2.45) is 5.14 Å². The normalized spacial score (nSPS) is 10.5. The first-order valence-electron chi connectivity index (χ1n) is 10.7. The van der Waals surface area contributed by atoms with Crippen molar-refractivity contribution >= 4 is 78.3 Å². The zero-order valence-electron chi connectivity index (χ0n) is 22.3. The van der Waals surface area contributed by atoms with Gasteiger partial charge in [-0.25, -0.2) is 41.5 Å². The van der Waals surface area contributed by atoms with Crippen molar-refractivity contribution < 1.29 is 62.5 Å². The summed E-state index contributed by atoms with van der Waals surface area (Å²) < 4.78 is 47.1. The van der Waals surface area contributed by atoms with E-state index < -0.39 is 31.9 Å². The van der Waals surface area contributed by atoms with Gasteiger partial charge in [0, 0.05) is 0 Å². The molecule has 0 spiro atoms. The Balaban J connectivity index is 0.000000655. The molecule has 0 unspecified atom stereocenters. The molecule has 0 aliphatic carbocycles. The van der Waals surface area contributed by atoms with Gasteiger partial charge in [0.25, 0.3) is 15.9 Å². The maximum absolute atomic E-state index is 12.0. The fourth-order valence-corrected chi connectivity index (χ4v) is 4.98. The number of rotatable bonds is 5. The molecular weight excluding hydrogens is 685 g/mol. The molecule has 218 valence electrons. The predicted octanol–water partition coefficient (Wildman–Crippen LogP) is 2.04. The minimum atomic E-state index is -3.95. The monoisotopic (exact) mass is 702 g/mol. The molecule has 0 radical (unpaired) electrons. The molecule has 42 heavy (non-hydrogen) atoms. The summed E-state index contributed by atoms with van der Waals surface area (Å²) in [6, 6.07) is 20.7. The summed E-state index contributed by atoms with van der Waals surface area (Å²) in [6.07, 6.45) is 0. The molecule has 2 heterocycles. The molecule has 4 rings (SSSR count). The van der Waals surface area contributed by atoms with Crippen molar-refractivity contribution in [1.82, 2.24) is 14.7 Å². The molecule has 0 bridgehead atoms. The number of carbonyl (C=O) groups excluding carboxylic acids is 1. The van der Waals surface area contributed by atoms with E-state index >= 15 is 0 Å². The summed E-state index contributed by atoms with van der Waals surface area (Å²) in [5, 5.41) is 13.3. The number of nitrogens with zero attached hydrogens (tertiary/aromatic N) is 2. The second kappa shape index (κ2) is 17.1. The fourth-order valence-electron chi connectivity index (χ4n) is 2.60. The summed E-state index contributed by atoms with van der Waals surface area (Å²) >= 11 is 22.2. The van der Waals surface area contributed by atoms with Gasteiger partial charge in [-0.3, -0.25) is 4.79 Å². The number of nitrogens with two attached hydrogens (primary N) is 1. The zero-order valence-corrected chi connectivity index (χ0v) is 27.9. The van der Waals surface area contributed by atoms with Gasteiger partial charge in [0.2, 0.25) is 10.0 Å². The van der Waals surface area contributed by atoms with Crippen molar-refractivity contribution in [3.8, 4) is 0 Å². The van der Waals surface area contributed by atoms with Gasteiger partial charge in [-0.05, 0) is 48.5 Å². The summed E-state index contributed by atoms with van der Waals surface area (Å²) in [6.45, 7) is 0. The standard InChI is InChI=1S/C12H8Cl2N2O3S.C6H3Cl2NO2.C6H7NO2S.Na.H/c13-10-7-6-9(11(14)15-10)12(17)16-20(18,19)8-4-2-1-3-5-8;7-4-2-1-3(6(10)11)5(8)9-4;7-10(8,9)6-4-2-1-3-5-6;;/h1-7H,(H,16,17);1-2H,(H,10,11);1-5H,(H2,7,8,9);;/q;;;+1;-1. The molecule has 0 aliphatic rings. The van der Waals surface area contributed by atoms with Crippen LogP contribution in [0, 0.1) is 0 Å². The molecule has 0 saturated carbocycles. The molecule has 0 aliphatic heterocycles. The van der Waals surface area contributed by atoms with Crippen LogP contribution in [0.25, 0.3) is 0 Å². The molecule has 11 nitrogen and oxygen atoms in total. The van der Waals surface area contributed by atoms with Crippen molar-refractivity contribution in [1.29, 1.82) is 0 Å². The number of carbonyl (C=O) groups is 2. The van der Waals surface area contributed by atoms with E-state index in [0.717, 1.165) is 0 Å². The predicted molar refractivity (Wildman–Crippen MR) is 155 cm³/mol. The van der Waals surface area contributed by atoms with Crippen LogP contribution in [0.5, 0.6) is 0 Å². The van der Waals surface area contributed by atoms with E-state index in [1.807, 2.05) is 4.72 Å². The van der Waals surface area contributed by atoms with E-state index in [4.69, 9.17) is 56.6 Å². The van der Waals surface area contributed by atoms with Crippen LogP contribution in [-0.2, 0) is 20.0 Å². The van der Waals surface area contributed by atoms with E-state index in [2.05, 4.69) is 9.97 Å². The number of pyridine rings is 2. The summed E-state index contributed by atoms with van der Waals surface area (Å²) in [4.78, 5) is 29.6. The van der Waals surface area contributed by atoms with Crippen molar-refractivity contribution in [2.75, 3.05) is 0 Å². The number of aromatic nitrogens is 2. The van der Waals surface area contributed by atoms with Gasteiger partial charge < -0.3 is 6.53 Å². The fraction of sp³-hybridized carbons (Fsp3) is 0. The Bertz CT molecular complexity index is 1760. The number of amides is 1. The third kappa shape index (κ3) is 12.1. The quantitative estimate of drug-likeness (QED) is 0.207. The Morgan fingerprint density at radius 1 is 0.690 bits per heavy atom. The van der Waals surface area contributed by atoms with E-state index in [-0.39, 0.29) is 72.5 Å². The Morgan fingerprint density at radius 2 is 1.10 bits per heavy atom. The zero-order chi connectivity index (χ0) is 30.8. The summed E-state index contributed by atoms with van der Waals surface area (Å²) in [7, 11) is -7.46. The van der Waals surface area contributed by atoms with Gasteiger partial charge in [0.1, 0.15) is 20.6 Å². The van der Waals surface area contributed by atoms with E-state index in [9.17, 15) is 26.4 Å². The Kier molecular flexibility index (Phi) is 15.4. The Labute approximate surface area is 284 Å². The molecule has 2 aromatic carbocycles. The maximum atomic E-state index is 12.0. The van der Waals surface area contributed by atoms with Crippen LogP contribution in [-0.4, -0.2) is 43.8 Å². The Morgan fingerprint density at radius 3 is 1.45 bits per heavy atom. The number of hydrogen-bond acceptors (Lipinski definition) is 8. The van der Waals surface area contributed by atoms with Crippen molar-refractivity contribution in [2.45, 2.75) is 9.79 Å². The number of primary sulfonamides is 1. The largest absolute Gasteiger partial charge is 1.00 e. The van der Waals surface area contributed by atoms with Crippen molar-refractivity contribution in [3.05, 3.63) is 117 Å². The van der Waals surface area contributed by atoms with Crippen LogP contribution < -0.4 is 39.4 Å². The maximum Gasteiger partial charge on any atom is 1.00 e. The Hall–Kier alpha value is -2.30. The minimum Gasteiger partial charge on any atom is -1.00 e. The number of carboxylic acids is 1. The number of nitrogens with one attached hydrogen (secondary N) is 1. The molecule has 4 aromatic rings. The van der Waals surface area contributed by atoms with Crippen LogP contribution >= 0.6 is 46.4 Å². The number of benzene rings is 2. The smallest absolute Gasteiger partial charge is 1.00 e. The van der Waals surface area contributed by atoms with E-state index in [1.165, 1.54) is 48.5 Å². The van der Waals surface area contributed by atoms with Crippen LogP contribution in [0.15, 0.2) is 94.7 Å². The van der Waals surface area contributed by atoms with Gasteiger partial charge in [0.05, 0.1) is 20.9 Å². The molecule has 0 fully saturated rings. The molecule has 1 amide bonds. The third-order valence-electron chi connectivity index (χ3n) is 4.46. The van der Waals surface area contributed by atoms with Gasteiger partial charge in [-0.2, -0.15) is 0 Å². The second-order valence-electron chi connectivity index (χ2n) is 7.36. The molecule has 4 N–H and O–H groups in total. The van der Waals surface area contributed by atoms with Crippen LogP contribution in [0.2, 0.25) is 20.6 Å². The molecule has 0 saturated heterocycles.